The number of unbranched alkanes of at least 4 members (excludes halogenated alkanes) is 1. The summed E-state index contributed by atoms with van der Waals surface area (Å²) in [7, 11) is 0. The molecule has 0 spiro atoms. The molecule has 2 rings (SSSR count). The summed E-state index contributed by atoms with van der Waals surface area (Å²) in [5.41, 5.74) is 1.96. The first-order chi connectivity index (χ1) is 13.0. The van der Waals surface area contributed by atoms with Gasteiger partial charge in [-0.3, -0.25) is 9.59 Å². The largest absolute Gasteiger partial charge is 0.353 e. The van der Waals surface area contributed by atoms with E-state index in [-0.39, 0.29) is 30.6 Å². The molecule has 1 aliphatic rings. The number of Topliss-reactive ketones (excluding diaryl/α,β-unsaturated/α-hetero) is 1. The summed E-state index contributed by atoms with van der Waals surface area (Å²) in [5, 5.41) is 3.12. The van der Waals surface area contributed by atoms with Crippen molar-refractivity contribution in [3.05, 3.63) is 35.4 Å². The minimum atomic E-state index is 0.00628. The predicted octanol–water partition coefficient (Wildman–Crippen LogP) is 4.23. The van der Waals surface area contributed by atoms with E-state index in [1.807, 2.05) is 24.3 Å². The number of carbonyl (C=O) groups excluding carboxylic acids is 2. The number of carbonyl (C=O) groups is 2. The van der Waals surface area contributed by atoms with Gasteiger partial charge in [0.1, 0.15) is 0 Å². The molecule has 27 heavy (non-hydrogen) atoms. The first kappa shape index (κ1) is 21.6. The normalized spacial score (nSPS) is 15.9. The molecule has 1 N–H and O–H groups in total. The van der Waals surface area contributed by atoms with E-state index >= 15 is 0 Å². The lowest BCUT2D eigenvalue weighted by molar-refractivity contribution is -0.122. The highest BCUT2D eigenvalue weighted by atomic mass is 16.2. The first-order valence-electron chi connectivity index (χ1n) is 10.6. The number of rotatable bonds is 10. The Bertz CT molecular complexity index is 587. The number of benzene rings is 1. The standard InChI is InChI=1S/C23H36N2O2/c1-4-5-14-25-15-12-21(13-16-25)24-23(27)11-10-22(26)20-8-6-19(7-9-20)17-18(2)3/h6-9,18,21H,4-5,10-17H2,1-3H3,(H,24,27). The van der Waals surface area contributed by atoms with Crippen molar-refractivity contribution in [2.75, 3.05) is 19.6 Å². The SMILES string of the molecule is CCCCN1CCC(NC(=O)CCC(=O)c2ccc(CC(C)C)cc2)CC1. The third kappa shape index (κ3) is 7.84. The van der Waals surface area contributed by atoms with Crippen molar-refractivity contribution in [1.29, 1.82) is 0 Å². The number of nitrogens with one attached hydrogen (secondary N) is 1. The lowest BCUT2D eigenvalue weighted by atomic mass is 9.99. The van der Waals surface area contributed by atoms with Crippen LogP contribution in [0.3, 0.4) is 0 Å². The highest BCUT2D eigenvalue weighted by Crippen LogP contribution is 2.13. The average Bonchev–Trinajstić information content (AvgIpc) is 2.65. The van der Waals surface area contributed by atoms with Crippen LogP contribution in [0.1, 0.15) is 75.2 Å². The summed E-state index contributed by atoms with van der Waals surface area (Å²) >= 11 is 0. The van der Waals surface area contributed by atoms with Crippen LogP contribution < -0.4 is 5.32 Å². The van der Waals surface area contributed by atoms with Gasteiger partial charge in [-0.15, -0.1) is 0 Å². The van der Waals surface area contributed by atoms with Crippen LogP contribution in [0.5, 0.6) is 0 Å². The van der Waals surface area contributed by atoms with E-state index in [2.05, 4.69) is 31.0 Å². The smallest absolute Gasteiger partial charge is 0.220 e. The Balaban J connectivity index is 1.68. The molecule has 4 nitrogen and oxygen atoms in total. The summed E-state index contributed by atoms with van der Waals surface area (Å²) in [6, 6.07) is 8.11. The summed E-state index contributed by atoms with van der Waals surface area (Å²) in [6.45, 7) is 9.88. The van der Waals surface area contributed by atoms with Crippen molar-refractivity contribution >= 4 is 11.7 Å². The third-order valence-electron chi connectivity index (χ3n) is 5.28. The van der Waals surface area contributed by atoms with Gasteiger partial charge in [-0.05, 0) is 43.7 Å². The molecule has 1 heterocycles. The molecule has 1 aliphatic heterocycles. The van der Waals surface area contributed by atoms with Gasteiger partial charge in [0.15, 0.2) is 5.78 Å². The lowest BCUT2D eigenvalue weighted by Gasteiger charge is -2.32. The molecule has 1 amide bonds. The minimum absolute atomic E-state index is 0.00628. The van der Waals surface area contributed by atoms with Crippen LogP contribution >= 0.6 is 0 Å². The van der Waals surface area contributed by atoms with Crippen LogP contribution in [0.4, 0.5) is 0 Å². The van der Waals surface area contributed by atoms with Crippen LogP contribution in [0.15, 0.2) is 24.3 Å². The van der Waals surface area contributed by atoms with E-state index in [4.69, 9.17) is 0 Å². The summed E-state index contributed by atoms with van der Waals surface area (Å²) in [4.78, 5) is 27.0. The monoisotopic (exact) mass is 372 g/mol. The molecule has 0 unspecified atom stereocenters. The van der Waals surface area contributed by atoms with E-state index in [0.717, 1.165) is 32.4 Å². The lowest BCUT2D eigenvalue weighted by Crippen LogP contribution is -2.44. The van der Waals surface area contributed by atoms with Gasteiger partial charge in [0, 0.05) is 37.5 Å². The Morgan fingerprint density at radius 1 is 1.11 bits per heavy atom. The Labute approximate surface area is 164 Å². The fourth-order valence-electron chi connectivity index (χ4n) is 3.65. The maximum atomic E-state index is 12.3. The van der Waals surface area contributed by atoms with Crippen LogP contribution in [0.25, 0.3) is 0 Å². The first-order valence-corrected chi connectivity index (χ1v) is 10.6. The maximum absolute atomic E-state index is 12.3. The Kier molecular flexibility index (Phi) is 8.99. The molecule has 1 fully saturated rings. The second-order valence-corrected chi connectivity index (χ2v) is 8.26. The van der Waals surface area contributed by atoms with E-state index in [9.17, 15) is 9.59 Å². The molecule has 0 aliphatic carbocycles. The van der Waals surface area contributed by atoms with Gasteiger partial charge < -0.3 is 10.2 Å². The molecule has 1 saturated heterocycles. The number of hydrogen-bond donors (Lipinski definition) is 1. The van der Waals surface area contributed by atoms with Gasteiger partial charge in [-0.25, -0.2) is 0 Å². The van der Waals surface area contributed by atoms with Gasteiger partial charge in [0.25, 0.3) is 0 Å². The Morgan fingerprint density at radius 3 is 2.37 bits per heavy atom. The average molecular weight is 373 g/mol. The molecular formula is C23H36N2O2. The van der Waals surface area contributed by atoms with Gasteiger partial charge in [0.05, 0.1) is 0 Å². The number of nitrogens with zero attached hydrogens (tertiary/aromatic N) is 1. The van der Waals surface area contributed by atoms with Crippen molar-refractivity contribution in [2.45, 2.75) is 71.8 Å². The van der Waals surface area contributed by atoms with Crippen LogP contribution in [0.2, 0.25) is 0 Å². The third-order valence-corrected chi connectivity index (χ3v) is 5.28. The fourth-order valence-corrected chi connectivity index (χ4v) is 3.65. The summed E-state index contributed by atoms with van der Waals surface area (Å²) in [6.07, 6.45) is 6.09. The quantitative estimate of drug-likeness (QED) is 0.625. The zero-order chi connectivity index (χ0) is 19.6. The number of ketones is 1. The molecule has 0 atom stereocenters. The topological polar surface area (TPSA) is 49.4 Å². The predicted molar refractivity (Wildman–Crippen MR) is 111 cm³/mol. The van der Waals surface area contributed by atoms with Gasteiger partial charge >= 0.3 is 0 Å². The molecule has 0 aromatic heterocycles. The number of likely N-dealkylation sites (tertiary alicyclic amines) is 1. The Hall–Kier alpha value is -1.68. The van der Waals surface area contributed by atoms with Gasteiger partial charge in [-0.2, -0.15) is 0 Å². The summed E-state index contributed by atoms with van der Waals surface area (Å²) < 4.78 is 0. The van der Waals surface area contributed by atoms with E-state index < -0.39 is 0 Å². The van der Waals surface area contributed by atoms with Crippen molar-refractivity contribution < 1.29 is 9.59 Å². The maximum Gasteiger partial charge on any atom is 0.220 e. The molecule has 0 saturated carbocycles. The van der Waals surface area contributed by atoms with E-state index in [1.54, 1.807) is 0 Å². The second kappa shape index (κ2) is 11.2. The van der Waals surface area contributed by atoms with Crippen LogP contribution in [-0.4, -0.2) is 42.3 Å². The molecule has 1 aromatic rings. The van der Waals surface area contributed by atoms with E-state index in [1.165, 1.54) is 24.9 Å². The molecule has 150 valence electrons. The number of piperidine rings is 1. The molecular weight excluding hydrogens is 336 g/mol. The van der Waals surface area contributed by atoms with E-state index in [0.29, 0.717) is 11.5 Å². The number of hydrogen-bond acceptors (Lipinski definition) is 3. The molecule has 0 radical (unpaired) electrons. The van der Waals surface area contributed by atoms with Crippen LogP contribution in [-0.2, 0) is 11.2 Å². The summed E-state index contributed by atoms with van der Waals surface area (Å²) in [5.74, 6) is 0.663. The fraction of sp³-hybridized carbons (Fsp3) is 0.652. The zero-order valence-electron chi connectivity index (χ0n) is 17.3. The van der Waals surface area contributed by atoms with Crippen molar-refractivity contribution in [1.82, 2.24) is 10.2 Å². The number of amides is 1. The highest BCUT2D eigenvalue weighted by molar-refractivity contribution is 5.98. The minimum Gasteiger partial charge on any atom is -0.353 e. The highest BCUT2D eigenvalue weighted by Gasteiger charge is 2.20. The van der Waals surface area contributed by atoms with Gasteiger partial charge in [0.2, 0.25) is 5.91 Å². The van der Waals surface area contributed by atoms with Crippen molar-refractivity contribution in [3.8, 4) is 0 Å². The molecule has 0 bridgehead atoms. The van der Waals surface area contributed by atoms with Gasteiger partial charge in [-0.1, -0.05) is 51.5 Å². The second-order valence-electron chi connectivity index (χ2n) is 8.26. The van der Waals surface area contributed by atoms with Crippen molar-refractivity contribution in [3.63, 3.8) is 0 Å². The van der Waals surface area contributed by atoms with Crippen molar-refractivity contribution in [2.24, 2.45) is 5.92 Å². The molecule has 1 aromatic carbocycles. The molecule has 4 heteroatoms. The Morgan fingerprint density at radius 2 is 1.78 bits per heavy atom. The van der Waals surface area contributed by atoms with Crippen LogP contribution in [0, 0.1) is 5.92 Å². The zero-order valence-corrected chi connectivity index (χ0v) is 17.3.